The van der Waals surface area contributed by atoms with Gasteiger partial charge >= 0.3 is 0 Å². The number of benzene rings is 1. The maximum absolute atomic E-state index is 6.05. The molecular formula is C22H27N5. The van der Waals surface area contributed by atoms with E-state index < -0.39 is 0 Å². The fourth-order valence-corrected chi connectivity index (χ4v) is 4.78. The van der Waals surface area contributed by atoms with Crippen molar-refractivity contribution in [3.8, 4) is 0 Å². The predicted octanol–water partition coefficient (Wildman–Crippen LogP) is 3.57. The number of hydrogen-bond donors (Lipinski definition) is 2. The minimum atomic E-state index is 0.375. The van der Waals surface area contributed by atoms with E-state index in [-0.39, 0.29) is 0 Å². The Balaban J connectivity index is 1.44. The molecular weight excluding hydrogens is 334 g/mol. The number of aryl methyl sites for hydroxylation is 1. The Morgan fingerprint density at radius 3 is 2.89 bits per heavy atom. The van der Waals surface area contributed by atoms with Crippen molar-refractivity contribution in [1.29, 1.82) is 0 Å². The number of pyridine rings is 1. The molecule has 2 aliphatic rings. The lowest BCUT2D eigenvalue weighted by Crippen LogP contribution is -2.44. The Morgan fingerprint density at radius 2 is 2.04 bits per heavy atom. The van der Waals surface area contributed by atoms with Crippen LogP contribution in [0.25, 0.3) is 11.0 Å². The summed E-state index contributed by atoms with van der Waals surface area (Å²) in [6, 6.07) is 13.3. The summed E-state index contributed by atoms with van der Waals surface area (Å²) < 4.78 is 0. The van der Waals surface area contributed by atoms with Crippen LogP contribution in [0.15, 0.2) is 42.6 Å². The molecule has 1 saturated carbocycles. The molecule has 1 fully saturated rings. The van der Waals surface area contributed by atoms with Crippen molar-refractivity contribution in [2.45, 2.75) is 50.7 Å². The second-order valence-electron chi connectivity index (χ2n) is 8.18. The summed E-state index contributed by atoms with van der Waals surface area (Å²) in [6.45, 7) is 1.91. The van der Waals surface area contributed by atoms with Gasteiger partial charge in [0.1, 0.15) is 5.82 Å². The van der Waals surface area contributed by atoms with Gasteiger partial charge in [0.05, 0.1) is 29.3 Å². The third kappa shape index (κ3) is 3.37. The number of nitrogens with zero attached hydrogens (tertiary/aromatic N) is 3. The molecule has 3 N–H and O–H groups in total. The third-order valence-corrected chi connectivity index (χ3v) is 6.16. The minimum Gasteiger partial charge on any atom is -0.341 e. The van der Waals surface area contributed by atoms with E-state index in [1.807, 2.05) is 12.3 Å². The van der Waals surface area contributed by atoms with E-state index in [0.717, 1.165) is 49.2 Å². The number of rotatable bonds is 5. The van der Waals surface area contributed by atoms with Crippen LogP contribution in [0.3, 0.4) is 0 Å². The molecule has 5 nitrogen and oxygen atoms in total. The zero-order valence-electron chi connectivity index (χ0n) is 15.6. The number of hydrogen-bond acceptors (Lipinski definition) is 4. The molecule has 0 radical (unpaired) electrons. The Hall–Kier alpha value is -2.24. The Morgan fingerprint density at radius 1 is 1.15 bits per heavy atom. The van der Waals surface area contributed by atoms with Crippen molar-refractivity contribution in [3.05, 3.63) is 59.7 Å². The third-order valence-electron chi connectivity index (χ3n) is 6.16. The van der Waals surface area contributed by atoms with Crippen molar-refractivity contribution in [2.24, 2.45) is 11.7 Å². The molecule has 2 aromatic heterocycles. The van der Waals surface area contributed by atoms with Crippen LogP contribution in [0.5, 0.6) is 0 Å². The lowest BCUT2D eigenvalue weighted by atomic mass is 9.80. The summed E-state index contributed by atoms with van der Waals surface area (Å²) >= 11 is 0. The SMILES string of the molecule is NC1CC(CN(Cc2nc3ccccc3[nH]2)C2CCCc3cccnc32)C1. The van der Waals surface area contributed by atoms with Gasteiger partial charge in [0.15, 0.2) is 0 Å². The van der Waals surface area contributed by atoms with Crippen LogP contribution < -0.4 is 5.73 Å². The number of para-hydroxylation sites is 2. The van der Waals surface area contributed by atoms with E-state index in [1.54, 1.807) is 0 Å². The first-order chi connectivity index (χ1) is 13.3. The maximum Gasteiger partial charge on any atom is 0.121 e. The summed E-state index contributed by atoms with van der Waals surface area (Å²) in [5, 5.41) is 0. The van der Waals surface area contributed by atoms with Crippen LogP contribution in [-0.2, 0) is 13.0 Å². The van der Waals surface area contributed by atoms with Gasteiger partial charge < -0.3 is 10.7 Å². The number of nitrogens with two attached hydrogens (primary N) is 1. The molecule has 0 aliphatic heterocycles. The van der Waals surface area contributed by atoms with Crippen LogP contribution in [0.1, 0.15) is 48.8 Å². The summed E-state index contributed by atoms with van der Waals surface area (Å²) in [5.41, 5.74) is 10.9. The molecule has 0 bridgehead atoms. The molecule has 0 amide bonds. The number of aromatic amines is 1. The molecule has 0 spiro atoms. The van der Waals surface area contributed by atoms with E-state index >= 15 is 0 Å². The molecule has 5 rings (SSSR count). The van der Waals surface area contributed by atoms with E-state index in [9.17, 15) is 0 Å². The van der Waals surface area contributed by atoms with Crippen molar-refractivity contribution in [3.63, 3.8) is 0 Å². The Bertz CT molecular complexity index is 894. The van der Waals surface area contributed by atoms with E-state index in [4.69, 9.17) is 15.7 Å². The number of H-pyrrole nitrogens is 1. The first kappa shape index (κ1) is 16.9. The summed E-state index contributed by atoms with van der Waals surface area (Å²) in [6.07, 6.45) is 7.76. The molecule has 3 aromatic rings. The van der Waals surface area contributed by atoms with Crippen molar-refractivity contribution < 1.29 is 0 Å². The standard InChI is InChI=1S/C22H27N5/c23-17-11-15(12-17)13-27(14-21-25-18-7-1-2-8-19(18)26-21)20-9-3-5-16-6-4-10-24-22(16)20/h1-2,4,6-8,10,15,17,20H,3,5,9,11-14,23H2,(H,25,26). The van der Waals surface area contributed by atoms with Crippen LogP contribution in [-0.4, -0.2) is 32.4 Å². The molecule has 1 atom stereocenters. The normalized spacial score (nSPS) is 24.7. The molecule has 1 unspecified atom stereocenters. The smallest absolute Gasteiger partial charge is 0.121 e. The Labute approximate surface area is 160 Å². The topological polar surface area (TPSA) is 70.8 Å². The van der Waals surface area contributed by atoms with Gasteiger partial charge in [-0.15, -0.1) is 0 Å². The van der Waals surface area contributed by atoms with Gasteiger partial charge in [0.2, 0.25) is 0 Å². The van der Waals surface area contributed by atoms with Gasteiger partial charge in [0, 0.05) is 18.8 Å². The highest BCUT2D eigenvalue weighted by Gasteiger charge is 2.33. The summed E-state index contributed by atoms with van der Waals surface area (Å²) in [7, 11) is 0. The summed E-state index contributed by atoms with van der Waals surface area (Å²) in [4.78, 5) is 15.7. The molecule has 27 heavy (non-hydrogen) atoms. The quantitative estimate of drug-likeness (QED) is 0.729. The van der Waals surface area contributed by atoms with Gasteiger partial charge in [-0.1, -0.05) is 18.2 Å². The van der Waals surface area contributed by atoms with Crippen molar-refractivity contribution in [2.75, 3.05) is 6.54 Å². The number of nitrogens with one attached hydrogen (secondary N) is 1. The van der Waals surface area contributed by atoms with Crippen LogP contribution in [0.4, 0.5) is 0 Å². The Kier molecular flexibility index (Phi) is 4.42. The molecule has 0 saturated heterocycles. The lowest BCUT2D eigenvalue weighted by Gasteiger charge is -2.41. The second-order valence-corrected chi connectivity index (χ2v) is 8.18. The van der Waals surface area contributed by atoms with Crippen LogP contribution in [0, 0.1) is 5.92 Å². The molecule has 1 aromatic carbocycles. The monoisotopic (exact) mass is 361 g/mol. The minimum absolute atomic E-state index is 0.375. The first-order valence-corrected chi connectivity index (χ1v) is 10.1. The highest BCUT2D eigenvalue weighted by atomic mass is 15.2. The average Bonchev–Trinajstić information content (AvgIpc) is 3.08. The van der Waals surface area contributed by atoms with Crippen molar-refractivity contribution >= 4 is 11.0 Å². The van der Waals surface area contributed by atoms with E-state index in [2.05, 4.69) is 40.2 Å². The number of fused-ring (bicyclic) bond motifs is 2. The first-order valence-electron chi connectivity index (χ1n) is 10.1. The molecule has 140 valence electrons. The fourth-order valence-electron chi connectivity index (χ4n) is 4.78. The van der Waals surface area contributed by atoms with E-state index in [1.165, 1.54) is 24.1 Å². The molecule has 2 heterocycles. The van der Waals surface area contributed by atoms with Gasteiger partial charge in [0.25, 0.3) is 0 Å². The highest BCUT2D eigenvalue weighted by Crippen LogP contribution is 2.36. The number of imidazole rings is 1. The van der Waals surface area contributed by atoms with Crippen molar-refractivity contribution in [1.82, 2.24) is 19.9 Å². The van der Waals surface area contributed by atoms with Gasteiger partial charge in [-0.3, -0.25) is 9.88 Å². The van der Waals surface area contributed by atoms with Gasteiger partial charge in [-0.25, -0.2) is 4.98 Å². The maximum atomic E-state index is 6.05. The molecule has 2 aliphatic carbocycles. The van der Waals surface area contributed by atoms with Crippen LogP contribution >= 0.6 is 0 Å². The zero-order chi connectivity index (χ0) is 18.2. The fraction of sp³-hybridized carbons (Fsp3) is 0.455. The highest BCUT2D eigenvalue weighted by molar-refractivity contribution is 5.74. The largest absolute Gasteiger partial charge is 0.341 e. The number of aromatic nitrogens is 3. The average molecular weight is 361 g/mol. The second kappa shape index (κ2) is 7.06. The van der Waals surface area contributed by atoms with E-state index in [0.29, 0.717) is 18.0 Å². The van der Waals surface area contributed by atoms with Gasteiger partial charge in [-0.05, 0) is 61.8 Å². The van der Waals surface area contributed by atoms with Crippen LogP contribution in [0.2, 0.25) is 0 Å². The zero-order valence-corrected chi connectivity index (χ0v) is 15.6. The van der Waals surface area contributed by atoms with Gasteiger partial charge in [-0.2, -0.15) is 0 Å². The lowest BCUT2D eigenvalue weighted by molar-refractivity contribution is 0.0998. The predicted molar refractivity (Wildman–Crippen MR) is 107 cm³/mol. The summed E-state index contributed by atoms with van der Waals surface area (Å²) in [5.74, 6) is 1.74. The molecule has 5 heteroatoms.